The Kier molecular flexibility index (Phi) is 8.69. The van der Waals surface area contributed by atoms with Crippen LogP contribution in [0.3, 0.4) is 0 Å². The van der Waals surface area contributed by atoms with Crippen molar-refractivity contribution in [1.82, 2.24) is 30.4 Å². The average Bonchev–Trinajstić information content (AvgIpc) is 3.27. The third kappa shape index (κ3) is 7.66. The highest BCUT2D eigenvalue weighted by Crippen LogP contribution is 2.24. The first-order valence-corrected chi connectivity index (χ1v) is 11.8. The molecular formula is C26H31FN6O4. The van der Waals surface area contributed by atoms with Crippen molar-refractivity contribution in [2.75, 3.05) is 13.2 Å². The zero-order valence-corrected chi connectivity index (χ0v) is 21.6. The third-order valence-electron chi connectivity index (χ3n) is 5.21. The quantitative estimate of drug-likeness (QED) is 0.440. The van der Waals surface area contributed by atoms with Crippen LogP contribution >= 0.6 is 0 Å². The monoisotopic (exact) mass is 510 g/mol. The molecule has 0 bridgehead atoms. The van der Waals surface area contributed by atoms with E-state index in [0.717, 1.165) is 15.3 Å². The first-order chi connectivity index (χ1) is 17.5. The number of aryl methyl sites for hydroxylation is 1. The van der Waals surface area contributed by atoms with Crippen molar-refractivity contribution in [2.24, 2.45) is 0 Å². The Labute approximate surface area is 214 Å². The second kappa shape index (κ2) is 11.7. The number of halogens is 1. The standard InChI is InChI=1S/C26H31FN6O4/c1-6-37-22(35)16-32(23(25(36)28-26(3,4)5)18-9-7-17(2)8-10-18)21(34)15-33-30-24(29-31-33)19-11-13-20(27)14-12-19/h7-14,23H,6,15-16H2,1-5H3,(H,28,36)/t23-/m0/s1. The van der Waals surface area contributed by atoms with E-state index in [1.165, 1.54) is 24.3 Å². The largest absolute Gasteiger partial charge is 0.465 e. The molecule has 2 aromatic carbocycles. The highest BCUT2D eigenvalue weighted by atomic mass is 19.1. The van der Waals surface area contributed by atoms with Crippen LogP contribution < -0.4 is 5.32 Å². The number of hydrogen-bond donors (Lipinski definition) is 1. The molecule has 0 aliphatic carbocycles. The van der Waals surface area contributed by atoms with Gasteiger partial charge in [-0.3, -0.25) is 14.4 Å². The van der Waals surface area contributed by atoms with Crippen molar-refractivity contribution >= 4 is 17.8 Å². The Morgan fingerprint density at radius 3 is 2.32 bits per heavy atom. The maximum Gasteiger partial charge on any atom is 0.325 e. The summed E-state index contributed by atoms with van der Waals surface area (Å²) < 4.78 is 18.3. The number of nitrogens with zero attached hydrogens (tertiary/aromatic N) is 5. The van der Waals surface area contributed by atoms with Gasteiger partial charge in [0.25, 0.3) is 0 Å². The van der Waals surface area contributed by atoms with E-state index in [9.17, 15) is 18.8 Å². The molecule has 1 atom stereocenters. The fourth-order valence-electron chi connectivity index (χ4n) is 3.57. The fraction of sp³-hybridized carbons (Fsp3) is 0.385. The predicted octanol–water partition coefficient (Wildman–Crippen LogP) is 2.84. The number of aromatic nitrogens is 4. The number of benzene rings is 2. The molecule has 37 heavy (non-hydrogen) atoms. The molecule has 196 valence electrons. The number of ether oxygens (including phenoxy) is 1. The molecule has 0 fully saturated rings. The van der Waals surface area contributed by atoms with Crippen LogP contribution in [-0.2, 0) is 25.7 Å². The van der Waals surface area contributed by atoms with Crippen molar-refractivity contribution < 1.29 is 23.5 Å². The second-order valence-corrected chi connectivity index (χ2v) is 9.53. The van der Waals surface area contributed by atoms with Gasteiger partial charge in [-0.15, -0.1) is 10.2 Å². The Bertz CT molecular complexity index is 1240. The summed E-state index contributed by atoms with van der Waals surface area (Å²) in [5, 5.41) is 15.0. The number of carbonyl (C=O) groups excluding carboxylic acids is 3. The van der Waals surface area contributed by atoms with Crippen LogP contribution in [0.2, 0.25) is 0 Å². The van der Waals surface area contributed by atoms with E-state index in [2.05, 4.69) is 20.7 Å². The van der Waals surface area contributed by atoms with Crippen LogP contribution in [0.5, 0.6) is 0 Å². The number of hydrogen-bond acceptors (Lipinski definition) is 7. The Morgan fingerprint density at radius 1 is 1.08 bits per heavy atom. The van der Waals surface area contributed by atoms with Gasteiger partial charge < -0.3 is 15.0 Å². The minimum absolute atomic E-state index is 0.121. The number of carbonyl (C=O) groups is 3. The van der Waals surface area contributed by atoms with E-state index in [1.54, 1.807) is 19.1 Å². The van der Waals surface area contributed by atoms with Gasteiger partial charge in [-0.05, 0) is 69.7 Å². The topological polar surface area (TPSA) is 119 Å². The lowest BCUT2D eigenvalue weighted by Crippen LogP contribution is -2.51. The average molecular weight is 511 g/mol. The van der Waals surface area contributed by atoms with Crippen molar-refractivity contribution in [2.45, 2.75) is 52.7 Å². The molecule has 11 heteroatoms. The van der Waals surface area contributed by atoms with Gasteiger partial charge in [0.05, 0.1) is 6.61 Å². The predicted molar refractivity (Wildman–Crippen MR) is 133 cm³/mol. The smallest absolute Gasteiger partial charge is 0.325 e. The van der Waals surface area contributed by atoms with Crippen LogP contribution in [0.25, 0.3) is 11.4 Å². The highest BCUT2D eigenvalue weighted by Gasteiger charge is 2.35. The van der Waals surface area contributed by atoms with Gasteiger partial charge >= 0.3 is 5.97 Å². The summed E-state index contributed by atoms with van der Waals surface area (Å²) in [5.74, 6) is -1.91. The first-order valence-electron chi connectivity index (χ1n) is 11.8. The van der Waals surface area contributed by atoms with E-state index < -0.39 is 48.3 Å². The molecule has 0 saturated heterocycles. The molecule has 0 unspecified atom stereocenters. The molecule has 0 spiro atoms. The normalized spacial score (nSPS) is 12.1. The lowest BCUT2D eigenvalue weighted by atomic mass is 10.0. The van der Waals surface area contributed by atoms with E-state index in [0.29, 0.717) is 11.1 Å². The van der Waals surface area contributed by atoms with E-state index >= 15 is 0 Å². The Morgan fingerprint density at radius 2 is 1.73 bits per heavy atom. The minimum Gasteiger partial charge on any atom is -0.465 e. The van der Waals surface area contributed by atoms with Gasteiger partial charge in [0.15, 0.2) is 0 Å². The summed E-state index contributed by atoms with van der Waals surface area (Å²) in [6, 6.07) is 11.6. The molecule has 3 rings (SSSR count). The van der Waals surface area contributed by atoms with Gasteiger partial charge in [0, 0.05) is 11.1 Å². The second-order valence-electron chi connectivity index (χ2n) is 9.53. The van der Waals surface area contributed by atoms with E-state index in [-0.39, 0.29) is 12.4 Å². The molecule has 1 aromatic heterocycles. The van der Waals surface area contributed by atoms with Crippen molar-refractivity contribution in [3.05, 3.63) is 65.5 Å². The summed E-state index contributed by atoms with van der Waals surface area (Å²) in [5.41, 5.74) is 1.44. The summed E-state index contributed by atoms with van der Waals surface area (Å²) >= 11 is 0. The summed E-state index contributed by atoms with van der Waals surface area (Å²) in [6.07, 6.45) is 0. The van der Waals surface area contributed by atoms with Gasteiger partial charge in [-0.25, -0.2) is 4.39 Å². The maximum absolute atomic E-state index is 13.6. The number of tetrazole rings is 1. The van der Waals surface area contributed by atoms with Crippen LogP contribution in [0.15, 0.2) is 48.5 Å². The number of nitrogens with one attached hydrogen (secondary N) is 1. The lowest BCUT2D eigenvalue weighted by Gasteiger charge is -2.33. The molecule has 1 heterocycles. The molecule has 10 nitrogen and oxygen atoms in total. The molecule has 2 amide bonds. The molecule has 1 N–H and O–H groups in total. The molecule has 0 aliphatic heterocycles. The molecule has 0 aliphatic rings. The summed E-state index contributed by atoms with van der Waals surface area (Å²) in [4.78, 5) is 41.7. The van der Waals surface area contributed by atoms with Gasteiger partial charge in [-0.2, -0.15) is 4.80 Å². The van der Waals surface area contributed by atoms with E-state index in [1.807, 2.05) is 39.8 Å². The number of esters is 1. The van der Waals surface area contributed by atoms with E-state index in [4.69, 9.17) is 4.74 Å². The molecular weight excluding hydrogens is 479 g/mol. The summed E-state index contributed by atoms with van der Waals surface area (Å²) in [6.45, 7) is 8.31. The Hall–Kier alpha value is -4.15. The zero-order valence-electron chi connectivity index (χ0n) is 21.6. The SMILES string of the molecule is CCOC(=O)CN(C(=O)Cn1nnc(-c2ccc(F)cc2)n1)[C@H](C(=O)NC(C)(C)C)c1ccc(C)cc1. The van der Waals surface area contributed by atoms with Crippen molar-refractivity contribution in [3.8, 4) is 11.4 Å². The van der Waals surface area contributed by atoms with Crippen LogP contribution in [-0.4, -0.2) is 61.6 Å². The van der Waals surface area contributed by atoms with Crippen LogP contribution in [0.1, 0.15) is 44.9 Å². The molecule has 3 aromatic rings. The molecule has 0 saturated carbocycles. The van der Waals surface area contributed by atoms with Crippen LogP contribution in [0.4, 0.5) is 4.39 Å². The van der Waals surface area contributed by atoms with Gasteiger partial charge in [-0.1, -0.05) is 29.8 Å². The third-order valence-corrected chi connectivity index (χ3v) is 5.21. The van der Waals surface area contributed by atoms with Gasteiger partial charge in [0.2, 0.25) is 17.6 Å². The van der Waals surface area contributed by atoms with Gasteiger partial charge in [0.1, 0.15) is 24.9 Å². The van der Waals surface area contributed by atoms with Crippen molar-refractivity contribution in [1.29, 1.82) is 0 Å². The van der Waals surface area contributed by atoms with Crippen molar-refractivity contribution in [3.63, 3.8) is 0 Å². The first kappa shape index (κ1) is 27.4. The zero-order chi connectivity index (χ0) is 27.2. The lowest BCUT2D eigenvalue weighted by molar-refractivity contribution is -0.153. The Balaban J connectivity index is 1.95. The number of rotatable bonds is 9. The minimum atomic E-state index is -1.11. The fourth-order valence-corrected chi connectivity index (χ4v) is 3.57. The highest BCUT2D eigenvalue weighted by molar-refractivity contribution is 5.91. The maximum atomic E-state index is 13.6. The summed E-state index contributed by atoms with van der Waals surface area (Å²) in [7, 11) is 0. The molecule has 0 radical (unpaired) electrons. The number of amides is 2. The van der Waals surface area contributed by atoms with Crippen LogP contribution in [0, 0.1) is 12.7 Å².